The van der Waals surface area contributed by atoms with Crippen molar-refractivity contribution < 1.29 is 4.79 Å². The van der Waals surface area contributed by atoms with Crippen molar-refractivity contribution >= 4 is 5.78 Å². The summed E-state index contributed by atoms with van der Waals surface area (Å²) >= 11 is 0. The first kappa shape index (κ1) is 11.9. The summed E-state index contributed by atoms with van der Waals surface area (Å²) in [5.74, 6) is 3.50. The van der Waals surface area contributed by atoms with Crippen molar-refractivity contribution in [3.8, 4) is 0 Å². The van der Waals surface area contributed by atoms with Crippen LogP contribution in [0.5, 0.6) is 0 Å². The quantitative estimate of drug-likeness (QED) is 0.656. The second kappa shape index (κ2) is 4.35. The normalized spacial score (nSPS) is 39.6. The number of fused-ring (bicyclic) bond motifs is 1. The van der Waals surface area contributed by atoms with Gasteiger partial charge in [-0.25, -0.2) is 0 Å². The highest BCUT2D eigenvalue weighted by atomic mass is 16.1. The van der Waals surface area contributed by atoms with Gasteiger partial charge in [-0.05, 0) is 49.0 Å². The third-order valence-electron chi connectivity index (χ3n) is 4.71. The van der Waals surface area contributed by atoms with Gasteiger partial charge in [-0.3, -0.25) is 4.79 Å². The summed E-state index contributed by atoms with van der Waals surface area (Å²) in [5, 5.41) is 0. The van der Waals surface area contributed by atoms with Crippen LogP contribution in [0.4, 0.5) is 0 Å². The molecule has 16 heavy (non-hydrogen) atoms. The zero-order valence-electron chi connectivity index (χ0n) is 11.0. The molecule has 0 heterocycles. The van der Waals surface area contributed by atoms with Gasteiger partial charge in [0.05, 0.1) is 0 Å². The molecule has 0 N–H and O–H groups in total. The van der Waals surface area contributed by atoms with Crippen molar-refractivity contribution in [2.24, 2.45) is 29.6 Å². The van der Waals surface area contributed by atoms with Crippen LogP contribution in [-0.4, -0.2) is 5.78 Å². The van der Waals surface area contributed by atoms with Crippen molar-refractivity contribution in [2.75, 3.05) is 0 Å². The molecule has 0 spiro atoms. The molecule has 2 aliphatic rings. The highest BCUT2D eigenvalue weighted by Crippen LogP contribution is 2.46. The van der Waals surface area contributed by atoms with E-state index in [4.69, 9.17) is 0 Å². The Bertz CT molecular complexity index is 313. The Morgan fingerprint density at radius 2 is 1.88 bits per heavy atom. The number of carbonyl (C=O) groups excluding carboxylic acids is 1. The number of hydrogen-bond donors (Lipinski definition) is 0. The van der Waals surface area contributed by atoms with Crippen molar-refractivity contribution in [2.45, 2.75) is 47.0 Å². The molecular weight excluding hydrogens is 196 g/mol. The first-order valence-corrected chi connectivity index (χ1v) is 6.76. The predicted molar refractivity (Wildman–Crippen MR) is 67.1 cm³/mol. The summed E-state index contributed by atoms with van der Waals surface area (Å²) < 4.78 is 0. The topological polar surface area (TPSA) is 17.1 Å². The number of ketones is 1. The third kappa shape index (κ3) is 1.97. The Morgan fingerprint density at radius 1 is 1.19 bits per heavy atom. The van der Waals surface area contributed by atoms with Crippen molar-refractivity contribution in [1.29, 1.82) is 0 Å². The van der Waals surface area contributed by atoms with Gasteiger partial charge >= 0.3 is 0 Å². The molecular formula is C15H24O. The van der Waals surface area contributed by atoms with Crippen molar-refractivity contribution in [3.05, 3.63) is 11.6 Å². The van der Waals surface area contributed by atoms with Crippen LogP contribution in [0.15, 0.2) is 11.6 Å². The lowest BCUT2D eigenvalue weighted by atomic mass is 9.62. The van der Waals surface area contributed by atoms with E-state index in [-0.39, 0.29) is 5.92 Å². The molecule has 0 radical (unpaired) electrons. The van der Waals surface area contributed by atoms with Crippen LogP contribution in [0.1, 0.15) is 47.0 Å². The van der Waals surface area contributed by atoms with E-state index < -0.39 is 0 Å². The Balaban J connectivity index is 2.29. The minimum Gasteiger partial charge on any atom is -0.295 e. The van der Waals surface area contributed by atoms with Crippen LogP contribution in [0.25, 0.3) is 0 Å². The molecule has 4 atom stereocenters. The summed E-state index contributed by atoms with van der Waals surface area (Å²) in [7, 11) is 0. The van der Waals surface area contributed by atoms with Crippen LogP contribution in [0.2, 0.25) is 0 Å². The molecule has 2 aliphatic carbocycles. The maximum absolute atomic E-state index is 11.8. The van der Waals surface area contributed by atoms with E-state index in [0.717, 1.165) is 18.3 Å². The van der Waals surface area contributed by atoms with Gasteiger partial charge in [0.1, 0.15) is 0 Å². The van der Waals surface area contributed by atoms with Gasteiger partial charge in [0, 0.05) is 5.92 Å². The maximum atomic E-state index is 11.8. The summed E-state index contributed by atoms with van der Waals surface area (Å²) in [6.07, 6.45) is 5.70. The van der Waals surface area contributed by atoms with Gasteiger partial charge < -0.3 is 0 Å². The average molecular weight is 220 g/mol. The summed E-state index contributed by atoms with van der Waals surface area (Å²) in [4.78, 5) is 11.8. The summed E-state index contributed by atoms with van der Waals surface area (Å²) in [5.41, 5.74) is 1.47. The fourth-order valence-electron chi connectivity index (χ4n) is 3.58. The molecule has 1 fully saturated rings. The van der Waals surface area contributed by atoms with E-state index >= 15 is 0 Å². The molecule has 0 aliphatic heterocycles. The zero-order chi connectivity index (χ0) is 11.9. The second-order valence-electron chi connectivity index (χ2n) is 6.18. The lowest BCUT2D eigenvalue weighted by Crippen LogP contribution is -2.35. The Morgan fingerprint density at radius 3 is 2.50 bits per heavy atom. The highest BCUT2D eigenvalue weighted by molar-refractivity contribution is 5.93. The number of hydrogen-bond acceptors (Lipinski definition) is 1. The van der Waals surface area contributed by atoms with Crippen LogP contribution < -0.4 is 0 Å². The van der Waals surface area contributed by atoms with E-state index in [0.29, 0.717) is 17.6 Å². The van der Waals surface area contributed by atoms with Crippen LogP contribution >= 0.6 is 0 Å². The van der Waals surface area contributed by atoms with Crippen molar-refractivity contribution in [1.82, 2.24) is 0 Å². The standard InChI is InChI=1S/C15H24O/c1-9(2)12-6-5-10(3)13-8-15(16)11(4)7-14(12)13/h8-12,14H,5-7H2,1-4H3/t10-,11+,12-,14-/m1/s1. The maximum Gasteiger partial charge on any atom is 0.158 e. The molecule has 2 rings (SSSR count). The minimum absolute atomic E-state index is 0.250. The molecule has 0 bridgehead atoms. The molecule has 1 heteroatoms. The Kier molecular flexibility index (Phi) is 3.23. The van der Waals surface area contributed by atoms with E-state index in [9.17, 15) is 4.79 Å². The van der Waals surface area contributed by atoms with Crippen molar-refractivity contribution in [3.63, 3.8) is 0 Å². The summed E-state index contributed by atoms with van der Waals surface area (Å²) in [6.45, 7) is 9.05. The molecule has 0 aromatic rings. The molecule has 0 unspecified atom stereocenters. The smallest absolute Gasteiger partial charge is 0.158 e. The average Bonchev–Trinajstić information content (AvgIpc) is 2.21. The third-order valence-corrected chi connectivity index (χ3v) is 4.71. The lowest BCUT2D eigenvalue weighted by molar-refractivity contribution is -0.119. The molecule has 0 aromatic carbocycles. The molecule has 90 valence electrons. The fourth-order valence-corrected chi connectivity index (χ4v) is 3.58. The van der Waals surface area contributed by atoms with Crippen LogP contribution in [0.3, 0.4) is 0 Å². The molecule has 0 amide bonds. The largest absolute Gasteiger partial charge is 0.295 e. The first-order valence-electron chi connectivity index (χ1n) is 6.76. The number of rotatable bonds is 1. The fraction of sp³-hybridized carbons (Fsp3) is 0.800. The molecule has 1 saturated carbocycles. The minimum atomic E-state index is 0.250. The monoisotopic (exact) mass is 220 g/mol. The van der Waals surface area contributed by atoms with Gasteiger partial charge in [-0.2, -0.15) is 0 Å². The van der Waals surface area contributed by atoms with Gasteiger partial charge in [0.25, 0.3) is 0 Å². The molecule has 0 saturated heterocycles. The molecule has 1 nitrogen and oxygen atoms in total. The SMILES string of the molecule is CC(C)[C@H]1CC[C@@H](C)C2=CC(=O)[C@@H](C)C[C@@H]21. The number of allylic oxidation sites excluding steroid dienone is 2. The summed E-state index contributed by atoms with van der Waals surface area (Å²) in [6, 6.07) is 0. The van der Waals surface area contributed by atoms with E-state index in [1.54, 1.807) is 0 Å². The van der Waals surface area contributed by atoms with E-state index in [1.807, 2.05) is 6.08 Å². The Hall–Kier alpha value is -0.590. The Labute approximate surface area is 99.3 Å². The first-order chi connectivity index (χ1) is 7.50. The van der Waals surface area contributed by atoms with Crippen LogP contribution in [0, 0.1) is 29.6 Å². The van der Waals surface area contributed by atoms with E-state index in [2.05, 4.69) is 27.7 Å². The van der Waals surface area contributed by atoms with Crippen LogP contribution in [-0.2, 0) is 4.79 Å². The second-order valence-corrected chi connectivity index (χ2v) is 6.18. The van der Waals surface area contributed by atoms with Gasteiger partial charge in [0.15, 0.2) is 5.78 Å². The molecule has 0 aromatic heterocycles. The van der Waals surface area contributed by atoms with Gasteiger partial charge in [0.2, 0.25) is 0 Å². The lowest BCUT2D eigenvalue weighted by Gasteiger charge is -2.42. The number of carbonyl (C=O) groups is 1. The van der Waals surface area contributed by atoms with E-state index in [1.165, 1.54) is 18.4 Å². The van der Waals surface area contributed by atoms with Gasteiger partial charge in [-0.1, -0.05) is 33.3 Å². The predicted octanol–water partition coefficient (Wildman–Crippen LogP) is 3.84. The zero-order valence-corrected chi connectivity index (χ0v) is 11.0. The van der Waals surface area contributed by atoms with Gasteiger partial charge in [-0.15, -0.1) is 0 Å². The highest BCUT2D eigenvalue weighted by Gasteiger charge is 2.38.